The van der Waals surface area contributed by atoms with Crippen LogP contribution in [0.25, 0.3) is 0 Å². The number of hydrogen-bond acceptors (Lipinski definition) is 3. The van der Waals surface area contributed by atoms with Gasteiger partial charge in [-0.25, -0.2) is 0 Å². The van der Waals surface area contributed by atoms with Crippen LogP contribution in [0.3, 0.4) is 0 Å². The second-order valence-electron chi connectivity index (χ2n) is 4.47. The van der Waals surface area contributed by atoms with Gasteiger partial charge in [-0.05, 0) is 29.8 Å². The predicted molar refractivity (Wildman–Crippen MR) is 77.3 cm³/mol. The molecular weight excluding hydrogens is 258 g/mol. The van der Waals surface area contributed by atoms with Crippen LogP contribution in [0.1, 0.15) is 30.0 Å². The van der Waals surface area contributed by atoms with Crippen molar-refractivity contribution in [1.29, 1.82) is 0 Å². The molecule has 2 aromatic rings. The Morgan fingerprint density at radius 1 is 1.26 bits per heavy atom. The third kappa shape index (κ3) is 4.17. The lowest BCUT2D eigenvalue weighted by Gasteiger charge is -2.07. The maximum atomic E-state index is 11.7. The van der Waals surface area contributed by atoms with Crippen molar-refractivity contribution >= 4 is 17.7 Å². The first-order valence-corrected chi connectivity index (χ1v) is 7.10. The molecule has 1 amide bonds. The molecule has 1 N–H and O–H groups in total. The van der Waals surface area contributed by atoms with Crippen molar-refractivity contribution < 1.29 is 9.21 Å². The average Bonchev–Trinajstić information content (AvgIpc) is 2.91. The maximum Gasteiger partial charge on any atom is 0.287 e. The summed E-state index contributed by atoms with van der Waals surface area (Å²) in [5, 5.41) is 3.40. The summed E-state index contributed by atoms with van der Waals surface area (Å²) >= 11 is 1.83. The Kier molecular flexibility index (Phi) is 4.68. The summed E-state index contributed by atoms with van der Waals surface area (Å²) in [6, 6.07) is 11.6. The first kappa shape index (κ1) is 13.7. The third-order valence-corrected chi connectivity index (χ3v) is 3.51. The summed E-state index contributed by atoms with van der Waals surface area (Å²) in [4.78, 5) is 12.9. The molecular formula is C15H17NO2S. The Hall–Kier alpha value is -1.68. The summed E-state index contributed by atoms with van der Waals surface area (Å²) in [6.07, 6.45) is 1.49. The second-order valence-corrected chi connectivity index (χ2v) is 6.12. The van der Waals surface area contributed by atoms with Crippen LogP contribution in [-0.4, -0.2) is 11.2 Å². The lowest BCUT2D eigenvalue weighted by molar-refractivity contribution is 0.0923. The van der Waals surface area contributed by atoms with Crippen LogP contribution in [0.4, 0.5) is 0 Å². The number of nitrogens with one attached hydrogen (secondary N) is 1. The van der Waals surface area contributed by atoms with E-state index in [-0.39, 0.29) is 5.91 Å². The smallest absolute Gasteiger partial charge is 0.287 e. The minimum atomic E-state index is -0.189. The Bertz CT molecular complexity index is 518. The number of amides is 1. The van der Waals surface area contributed by atoms with Gasteiger partial charge in [-0.2, -0.15) is 0 Å². The van der Waals surface area contributed by atoms with E-state index in [9.17, 15) is 4.79 Å². The molecule has 0 aliphatic heterocycles. The van der Waals surface area contributed by atoms with Crippen LogP contribution >= 0.6 is 11.8 Å². The number of hydrogen-bond donors (Lipinski definition) is 1. The first-order chi connectivity index (χ1) is 9.15. The number of rotatable bonds is 5. The van der Waals surface area contributed by atoms with Crippen LogP contribution in [0, 0.1) is 0 Å². The van der Waals surface area contributed by atoms with E-state index in [0.29, 0.717) is 17.6 Å². The van der Waals surface area contributed by atoms with E-state index in [4.69, 9.17) is 4.42 Å². The van der Waals surface area contributed by atoms with Gasteiger partial charge in [0.15, 0.2) is 5.76 Å². The highest BCUT2D eigenvalue weighted by atomic mass is 32.2. The molecule has 0 fully saturated rings. The van der Waals surface area contributed by atoms with Crippen molar-refractivity contribution in [2.24, 2.45) is 0 Å². The van der Waals surface area contributed by atoms with Gasteiger partial charge >= 0.3 is 0 Å². The molecule has 1 aromatic carbocycles. The summed E-state index contributed by atoms with van der Waals surface area (Å²) in [5.74, 6) is 0.151. The van der Waals surface area contributed by atoms with Gasteiger partial charge in [0.05, 0.1) is 6.26 Å². The number of carbonyl (C=O) groups excluding carboxylic acids is 1. The molecule has 4 heteroatoms. The van der Waals surface area contributed by atoms with Crippen LogP contribution < -0.4 is 5.32 Å². The number of carbonyl (C=O) groups is 1. The van der Waals surface area contributed by atoms with Gasteiger partial charge in [0.25, 0.3) is 5.91 Å². The fraction of sp³-hybridized carbons (Fsp3) is 0.267. The standard InChI is InChI=1S/C15H17NO2S/c1-11(2)19-13-7-5-12(6-8-13)10-16-15(17)14-4-3-9-18-14/h3-9,11H,10H2,1-2H3,(H,16,17). The zero-order valence-corrected chi connectivity index (χ0v) is 11.9. The van der Waals surface area contributed by atoms with Gasteiger partial charge in [0, 0.05) is 16.7 Å². The van der Waals surface area contributed by atoms with Gasteiger partial charge in [0.2, 0.25) is 0 Å². The molecule has 0 bridgehead atoms. The molecule has 0 radical (unpaired) electrons. The van der Waals surface area contributed by atoms with Gasteiger partial charge in [-0.1, -0.05) is 26.0 Å². The SMILES string of the molecule is CC(C)Sc1ccc(CNC(=O)c2ccco2)cc1. The van der Waals surface area contributed by atoms with Crippen molar-refractivity contribution in [3.63, 3.8) is 0 Å². The number of furan rings is 1. The van der Waals surface area contributed by atoms with Crippen molar-refractivity contribution in [3.8, 4) is 0 Å². The summed E-state index contributed by atoms with van der Waals surface area (Å²) in [5.41, 5.74) is 1.08. The average molecular weight is 275 g/mol. The molecule has 1 aromatic heterocycles. The highest BCUT2D eigenvalue weighted by Crippen LogP contribution is 2.22. The van der Waals surface area contributed by atoms with Gasteiger partial charge in [-0.3, -0.25) is 4.79 Å². The van der Waals surface area contributed by atoms with Crippen LogP contribution in [0.2, 0.25) is 0 Å². The van der Waals surface area contributed by atoms with Crippen molar-refractivity contribution in [1.82, 2.24) is 5.32 Å². The van der Waals surface area contributed by atoms with Crippen LogP contribution in [0.5, 0.6) is 0 Å². The molecule has 0 saturated heterocycles. The zero-order chi connectivity index (χ0) is 13.7. The van der Waals surface area contributed by atoms with E-state index in [1.807, 2.05) is 23.9 Å². The normalized spacial score (nSPS) is 10.7. The molecule has 0 atom stereocenters. The Morgan fingerprint density at radius 3 is 2.58 bits per heavy atom. The second kappa shape index (κ2) is 6.48. The summed E-state index contributed by atoms with van der Waals surface area (Å²) in [7, 11) is 0. The lowest BCUT2D eigenvalue weighted by atomic mass is 10.2. The quantitative estimate of drug-likeness (QED) is 0.846. The zero-order valence-electron chi connectivity index (χ0n) is 11.1. The molecule has 3 nitrogen and oxygen atoms in total. The number of thioether (sulfide) groups is 1. The number of benzene rings is 1. The van der Waals surface area contributed by atoms with Gasteiger partial charge in [0.1, 0.15) is 0 Å². The van der Waals surface area contributed by atoms with E-state index in [1.165, 1.54) is 11.2 Å². The van der Waals surface area contributed by atoms with E-state index < -0.39 is 0 Å². The molecule has 0 spiro atoms. The Balaban J connectivity index is 1.88. The summed E-state index contributed by atoms with van der Waals surface area (Å²) < 4.78 is 5.03. The minimum absolute atomic E-state index is 0.189. The fourth-order valence-corrected chi connectivity index (χ4v) is 2.47. The third-order valence-electron chi connectivity index (χ3n) is 2.49. The predicted octanol–water partition coefficient (Wildman–Crippen LogP) is 3.71. The molecule has 0 aliphatic rings. The summed E-state index contributed by atoms with van der Waals surface area (Å²) in [6.45, 7) is 4.84. The van der Waals surface area contributed by atoms with Crippen molar-refractivity contribution in [2.75, 3.05) is 0 Å². The molecule has 1 heterocycles. The fourth-order valence-electron chi connectivity index (χ4n) is 1.64. The Labute approximate surface area is 117 Å². The monoisotopic (exact) mass is 275 g/mol. The van der Waals surface area contributed by atoms with Crippen molar-refractivity contribution in [2.45, 2.75) is 30.5 Å². The van der Waals surface area contributed by atoms with Crippen molar-refractivity contribution in [3.05, 3.63) is 54.0 Å². The molecule has 19 heavy (non-hydrogen) atoms. The maximum absolute atomic E-state index is 11.7. The molecule has 0 aliphatic carbocycles. The highest BCUT2D eigenvalue weighted by molar-refractivity contribution is 7.99. The van der Waals surface area contributed by atoms with E-state index in [0.717, 1.165) is 5.56 Å². The van der Waals surface area contributed by atoms with E-state index >= 15 is 0 Å². The molecule has 0 unspecified atom stereocenters. The largest absolute Gasteiger partial charge is 0.459 e. The van der Waals surface area contributed by atoms with Crippen LogP contribution in [-0.2, 0) is 6.54 Å². The highest BCUT2D eigenvalue weighted by Gasteiger charge is 2.07. The molecule has 2 rings (SSSR count). The Morgan fingerprint density at radius 2 is 2.00 bits per heavy atom. The van der Waals surface area contributed by atoms with Gasteiger partial charge < -0.3 is 9.73 Å². The van der Waals surface area contributed by atoms with E-state index in [2.05, 4.69) is 31.3 Å². The molecule has 100 valence electrons. The van der Waals surface area contributed by atoms with E-state index in [1.54, 1.807) is 12.1 Å². The van der Waals surface area contributed by atoms with Gasteiger partial charge in [-0.15, -0.1) is 11.8 Å². The minimum Gasteiger partial charge on any atom is -0.459 e. The molecule has 0 saturated carbocycles. The topological polar surface area (TPSA) is 42.2 Å². The van der Waals surface area contributed by atoms with Crippen LogP contribution in [0.15, 0.2) is 52.0 Å². The lowest BCUT2D eigenvalue weighted by Crippen LogP contribution is -2.22. The first-order valence-electron chi connectivity index (χ1n) is 6.22.